The number of nitrogens with zero attached hydrogens (tertiary/aromatic N) is 2. The largest absolute Gasteiger partial charge is 0.382 e. The van der Waals surface area contributed by atoms with Gasteiger partial charge in [-0.2, -0.15) is 9.64 Å². The van der Waals surface area contributed by atoms with Gasteiger partial charge in [0.15, 0.2) is 5.82 Å². The molecule has 0 amide bonds. The highest BCUT2D eigenvalue weighted by Crippen LogP contribution is 2.27. The van der Waals surface area contributed by atoms with E-state index in [1.807, 2.05) is 0 Å². The van der Waals surface area contributed by atoms with Crippen molar-refractivity contribution < 1.29 is 0 Å². The second-order valence-electron chi connectivity index (χ2n) is 3.69. The molecule has 0 spiro atoms. The molecule has 0 unspecified atom stereocenters. The second-order valence-corrected chi connectivity index (χ2v) is 5.80. The van der Waals surface area contributed by atoms with Crippen LogP contribution in [0.2, 0.25) is 0 Å². The third-order valence-corrected chi connectivity index (χ3v) is 4.44. The van der Waals surface area contributed by atoms with Gasteiger partial charge in [-0.1, -0.05) is 0 Å². The molecule has 88 valence electrons. The average molecular weight is 264 g/mol. The first-order valence-corrected chi connectivity index (χ1v) is 6.66. The maximum atomic E-state index is 8.93. The normalized spacial score (nSPS) is 10.2. The zero-order valence-corrected chi connectivity index (χ0v) is 11.2. The van der Waals surface area contributed by atoms with Crippen LogP contribution >= 0.6 is 22.9 Å². The van der Waals surface area contributed by atoms with Crippen molar-refractivity contribution in [2.75, 3.05) is 11.1 Å². The highest BCUT2D eigenvalue weighted by Gasteiger charge is 2.10. The van der Waals surface area contributed by atoms with E-state index < -0.39 is 0 Å². The number of hydrogen-bond acceptors (Lipinski definition) is 6. The molecule has 2 heterocycles. The molecule has 3 N–H and O–H groups in total. The van der Waals surface area contributed by atoms with Crippen LogP contribution in [0, 0.1) is 25.2 Å². The highest BCUT2D eigenvalue weighted by atomic mass is 32.1. The molecule has 0 aromatic carbocycles. The second kappa shape index (κ2) is 4.73. The van der Waals surface area contributed by atoms with E-state index in [2.05, 4.69) is 35.7 Å². The van der Waals surface area contributed by atoms with Crippen molar-refractivity contribution in [3.05, 3.63) is 26.9 Å². The zero-order valence-electron chi connectivity index (χ0n) is 9.57. The van der Waals surface area contributed by atoms with Crippen molar-refractivity contribution in [1.29, 1.82) is 5.26 Å². The Morgan fingerprint density at radius 1 is 1.53 bits per heavy atom. The number of aromatic nitrogens is 1. The van der Waals surface area contributed by atoms with Gasteiger partial charge in [-0.05, 0) is 37.0 Å². The maximum absolute atomic E-state index is 8.93. The number of thiophene rings is 1. The van der Waals surface area contributed by atoms with Crippen molar-refractivity contribution in [2.45, 2.75) is 20.4 Å². The summed E-state index contributed by atoms with van der Waals surface area (Å²) < 4.78 is 3.96. The lowest BCUT2D eigenvalue weighted by atomic mass is 10.3. The molecule has 2 aromatic rings. The Labute approximate surface area is 108 Å². The summed E-state index contributed by atoms with van der Waals surface area (Å²) in [7, 11) is 0. The number of nitrogens with one attached hydrogen (secondary N) is 1. The predicted octanol–water partition coefficient (Wildman–Crippen LogP) is 2.89. The van der Waals surface area contributed by atoms with Crippen LogP contribution in [0.15, 0.2) is 6.07 Å². The molecule has 0 bridgehead atoms. The van der Waals surface area contributed by atoms with Crippen LogP contribution in [0.5, 0.6) is 0 Å². The summed E-state index contributed by atoms with van der Waals surface area (Å²) in [6, 6.07) is 4.22. The Kier molecular flexibility index (Phi) is 3.31. The van der Waals surface area contributed by atoms with Crippen molar-refractivity contribution in [1.82, 2.24) is 4.37 Å². The zero-order chi connectivity index (χ0) is 12.4. The fraction of sp³-hybridized carbons (Fsp3) is 0.273. The quantitative estimate of drug-likeness (QED) is 0.894. The SMILES string of the molecule is Cc1cc(CNc2snc(N)c2C#N)sc1C. The van der Waals surface area contributed by atoms with Crippen molar-refractivity contribution in [3.63, 3.8) is 0 Å². The van der Waals surface area contributed by atoms with E-state index in [9.17, 15) is 0 Å². The number of aryl methyl sites for hydroxylation is 2. The van der Waals surface area contributed by atoms with E-state index >= 15 is 0 Å². The van der Waals surface area contributed by atoms with E-state index in [1.165, 1.54) is 26.9 Å². The molecule has 17 heavy (non-hydrogen) atoms. The standard InChI is InChI=1S/C11H12N4S2/c1-6-3-8(16-7(6)2)5-14-11-9(4-12)10(13)15-17-11/h3,14H,5H2,1-2H3,(H2,13,15). The van der Waals surface area contributed by atoms with Gasteiger partial charge in [0.1, 0.15) is 16.6 Å². The summed E-state index contributed by atoms with van der Waals surface area (Å²) in [6.45, 7) is 4.91. The number of nitrogen functional groups attached to an aromatic ring is 1. The minimum absolute atomic E-state index is 0.304. The number of hydrogen-bond donors (Lipinski definition) is 2. The van der Waals surface area contributed by atoms with Crippen LogP contribution in [0.4, 0.5) is 10.8 Å². The predicted molar refractivity (Wildman–Crippen MR) is 72.4 cm³/mol. The lowest BCUT2D eigenvalue weighted by Crippen LogP contribution is -1.97. The molecular weight excluding hydrogens is 252 g/mol. The van der Waals surface area contributed by atoms with Gasteiger partial charge in [-0.15, -0.1) is 11.3 Å². The summed E-state index contributed by atoms with van der Waals surface area (Å²) in [5, 5.41) is 12.9. The van der Waals surface area contributed by atoms with E-state index in [0.29, 0.717) is 17.9 Å². The van der Waals surface area contributed by atoms with E-state index in [4.69, 9.17) is 11.0 Å². The van der Waals surface area contributed by atoms with Crippen molar-refractivity contribution >= 4 is 33.7 Å². The molecule has 0 aliphatic carbocycles. The molecule has 0 radical (unpaired) electrons. The monoisotopic (exact) mass is 264 g/mol. The molecule has 6 heteroatoms. The average Bonchev–Trinajstić information content (AvgIpc) is 2.80. The number of anilines is 2. The van der Waals surface area contributed by atoms with Crippen LogP contribution < -0.4 is 11.1 Å². The maximum Gasteiger partial charge on any atom is 0.157 e. The smallest absolute Gasteiger partial charge is 0.157 e. The number of rotatable bonds is 3. The third kappa shape index (κ3) is 2.40. The van der Waals surface area contributed by atoms with Gasteiger partial charge in [0, 0.05) is 9.75 Å². The molecule has 0 saturated heterocycles. The molecule has 0 aliphatic rings. The van der Waals surface area contributed by atoms with Crippen LogP contribution in [0.25, 0.3) is 0 Å². The summed E-state index contributed by atoms with van der Waals surface area (Å²) >= 11 is 2.99. The van der Waals surface area contributed by atoms with Gasteiger partial charge in [0.2, 0.25) is 0 Å². The molecule has 0 fully saturated rings. The number of nitriles is 1. The third-order valence-electron chi connectivity index (χ3n) is 2.47. The summed E-state index contributed by atoms with van der Waals surface area (Å²) in [4.78, 5) is 2.57. The minimum Gasteiger partial charge on any atom is -0.382 e. The van der Waals surface area contributed by atoms with Gasteiger partial charge in [-0.25, -0.2) is 0 Å². The first-order valence-electron chi connectivity index (χ1n) is 5.07. The first kappa shape index (κ1) is 11.9. The van der Waals surface area contributed by atoms with Gasteiger partial charge < -0.3 is 11.1 Å². The summed E-state index contributed by atoms with van der Waals surface area (Å²) in [5.41, 5.74) is 7.33. The van der Waals surface area contributed by atoms with Crippen LogP contribution in [-0.2, 0) is 6.54 Å². The van der Waals surface area contributed by atoms with Crippen molar-refractivity contribution in [2.24, 2.45) is 0 Å². The Morgan fingerprint density at radius 2 is 2.29 bits per heavy atom. The number of nitrogens with two attached hydrogens (primary N) is 1. The Morgan fingerprint density at radius 3 is 2.88 bits per heavy atom. The highest BCUT2D eigenvalue weighted by molar-refractivity contribution is 7.12. The Balaban J connectivity index is 2.10. The molecule has 0 atom stereocenters. The van der Waals surface area contributed by atoms with Crippen LogP contribution in [0.3, 0.4) is 0 Å². The van der Waals surface area contributed by atoms with Gasteiger partial charge >= 0.3 is 0 Å². The van der Waals surface area contributed by atoms with Gasteiger partial charge in [0.05, 0.1) is 6.54 Å². The first-order chi connectivity index (χ1) is 8.11. The Bertz CT molecular complexity index is 557. The Hall–Kier alpha value is -1.58. The van der Waals surface area contributed by atoms with Crippen LogP contribution in [-0.4, -0.2) is 4.37 Å². The van der Waals surface area contributed by atoms with Gasteiger partial charge in [-0.3, -0.25) is 0 Å². The van der Waals surface area contributed by atoms with Gasteiger partial charge in [0.25, 0.3) is 0 Å². The molecule has 0 aliphatic heterocycles. The molecule has 2 aromatic heterocycles. The van der Waals surface area contributed by atoms with Crippen molar-refractivity contribution in [3.8, 4) is 6.07 Å². The van der Waals surface area contributed by atoms with Crippen LogP contribution in [0.1, 0.15) is 20.9 Å². The topological polar surface area (TPSA) is 74.7 Å². The van der Waals surface area contributed by atoms with E-state index in [0.717, 1.165) is 5.00 Å². The molecule has 2 rings (SSSR count). The summed E-state index contributed by atoms with van der Waals surface area (Å²) in [6.07, 6.45) is 0. The minimum atomic E-state index is 0.304. The fourth-order valence-corrected chi connectivity index (χ4v) is 3.09. The molecule has 4 nitrogen and oxygen atoms in total. The van der Waals surface area contributed by atoms with E-state index in [1.54, 1.807) is 11.3 Å². The lowest BCUT2D eigenvalue weighted by molar-refractivity contribution is 1.20. The molecule has 0 saturated carbocycles. The molecular formula is C11H12N4S2. The lowest BCUT2D eigenvalue weighted by Gasteiger charge is -2.00. The summed E-state index contributed by atoms with van der Waals surface area (Å²) in [5.74, 6) is 0.304. The van der Waals surface area contributed by atoms with E-state index in [-0.39, 0.29) is 0 Å². The fourth-order valence-electron chi connectivity index (χ4n) is 1.44.